The van der Waals surface area contributed by atoms with Crippen LogP contribution in [0.3, 0.4) is 0 Å². The Balaban J connectivity index is 2.03. The lowest BCUT2D eigenvalue weighted by molar-refractivity contribution is 0.0952. The maximum Gasteiger partial charge on any atom is 0.252 e. The highest BCUT2D eigenvalue weighted by atomic mass is 35.5. The minimum absolute atomic E-state index is 0.0282. The van der Waals surface area contributed by atoms with Gasteiger partial charge in [0.15, 0.2) is 0 Å². The van der Waals surface area contributed by atoms with Crippen molar-refractivity contribution in [3.05, 3.63) is 47.5 Å². The van der Waals surface area contributed by atoms with Gasteiger partial charge in [-0.15, -0.1) is 0 Å². The van der Waals surface area contributed by atoms with E-state index in [0.717, 1.165) is 17.3 Å². The monoisotopic (exact) mass is 370 g/mol. The first-order valence-electron chi connectivity index (χ1n) is 7.28. The van der Waals surface area contributed by atoms with Crippen molar-refractivity contribution >= 4 is 27.5 Å². The molecule has 1 heterocycles. The standard InChI is InChI=1S/C15H19ClN4O3S/c1-19(2)24(22,23)12-4-5-14(16)13(10-12)15(21)18-6-3-8-20-9-7-17-11-20/h4-5,7,9-11H,3,6,8H2,1-2H3,(H,18,21). The lowest BCUT2D eigenvalue weighted by Gasteiger charge is -2.13. The molecule has 9 heteroatoms. The van der Waals surface area contributed by atoms with Gasteiger partial charge in [0, 0.05) is 39.6 Å². The SMILES string of the molecule is CN(C)S(=O)(=O)c1ccc(Cl)c(C(=O)NCCCn2ccnc2)c1. The molecule has 24 heavy (non-hydrogen) atoms. The summed E-state index contributed by atoms with van der Waals surface area (Å²) in [6.07, 6.45) is 5.95. The molecule has 0 bridgehead atoms. The van der Waals surface area contributed by atoms with Crippen LogP contribution in [-0.2, 0) is 16.6 Å². The van der Waals surface area contributed by atoms with Crippen molar-refractivity contribution in [3.63, 3.8) is 0 Å². The van der Waals surface area contributed by atoms with Gasteiger partial charge in [-0.2, -0.15) is 0 Å². The number of sulfonamides is 1. The Morgan fingerprint density at radius 1 is 1.38 bits per heavy atom. The van der Waals surface area contributed by atoms with E-state index in [2.05, 4.69) is 10.3 Å². The zero-order valence-electron chi connectivity index (χ0n) is 13.4. The summed E-state index contributed by atoms with van der Waals surface area (Å²) in [5, 5.41) is 2.95. The van der Waals surface area contributed by atoms with E-state index in [9.17, 15) is 13.2 Å². The van der Waals surface area contributed by atoms with E-state index in [1.54, 1.807) is 12.5 Å². The molecule has 2 aromatic rings. The summed E-state index contributed by atoms with van der Waals surface area (Å²) in [6.45, 7) is 1.17. The quantitative estimate of drug-likeness (QED) is 0.750. The van der Waals surface area contributed by atoms with E-state index in [1.165, 1.54) is 32.3 Å². The van der Waals surface area contributed by atoms with Crippen LogP contribution in [0.15, 0.2) is 41.8 Å². The first-order valence-corrected chi connectivity index (χ1v) is 9.10. The second-order valence-electron chi connectivity index (χ2n) is 5.34. The van der Waals surface area contributed by atoms with Crippen molar-refractivity contribution in [2.45, 2.75) is 17.9 Å². The normalized spacial score (nSPS) is 11.7. The summed E-state index contributed by atoms with van der Waals surface area (Å²) < 4.78 is 27.3. The fourth-order valence-corrected chi connectivity index (χ4v) is 3.16. The number of aromatic nitrogens is 2. The maximum atomic E-state index is 12.3. The number of rotatable bonds is 7. The maximum absolute atomic E-state index is 12.3. The Morgan fingerprint density at radius 3 is 2.75 bits per heavy atom. The highest BCUT2D eigenvalue weighted by Gasteiger charge is 2.20. The first kappa shape index (κ1) is 18.4. The molecule has 130 valence electrons. The molecule has 0 aliphatic rings. The Kier molecular flexibility index (Phi) is 5.98. The van der Waals surface area contributed by atoms with Crippen LogP contribution in [0.1, 0.15) is 16.8 Å². The smallest absolute Gasteiger partial charge is 0.252 e. The Bertz CT molecular complexity index is 804. The Labute approximate surface area is 146 Å². The molecule has 0 spiro atoms. The predicted molar refractivity (Wildman–Crippen MR) is 91.5 cm³/mol. The molecule has 0 saturated carbocycles. The molecule has 0 radical (unpaired) electrons. The van der Waals surface area contributed by atoms with E-state index in [-0.39, 0.29) is 15.5 Å². The van der Waals surface area contributed by atoms with E-state index in [1.807, 2.05) is 10.8 Å². The number of carbonyl (C=O) groups is 1. The van der Waals surface area contributed by atoms with Gasteiger partial charge in [0.05, 0.1) is 21.8 Å². The molecule has 0 saturated heterocycles. The molecular weight excluding hydrogens is 352 g/mol. The zero-order chi connectivity index (χ0) is 17.7. The highest BCUT2D eigenvalue weighted by molar-refractivity contribution is 7.89. The van der Waals surface area contributed by atoms with Crippen LogP contribution in [0.4, 0.5) is 0 Å². The number of amides is 1. The number of imidazole rings is 1. The van der Waals surface area contributed by atoms with Crippen molar-refractivity contribution < 1.29 is 13.2 Å². The number of aryl methyl sites for hydroxylation is 1. The number of nitrogens with zero attached hydrogens (tertiary/aromatic N) is 3. The largest absolute Gasteiger partial charge is 0.352 e. The summed E-state index contributed by atoms with van der Waals surface area (Å²) in [5.74, 6) is -0.401. The van der Waals surface area contributed by atoms with Gasteiger partial charge in [-0.05, 0) is 24.6 Å². The third-order valence-electron chi connectivity index (χ3n) is 3.40. The summed E-state index contributed by atoms with van der Waals surface area (Å²) >= 11 is 6.03. The van der Waals surface area contributed by atoms with Crippen molar-refractivity contribution in [3.8, 4) is 0 Å². The summed E-state index contributed by atoms with van der Waals surface area (Å²) in [7, 11) is -0.759. The molecule has 2 rings (SSSR count). The van der Waals surface area contributed by atoms with E-state index >= 15 is 0 Å². The van der Waals surface area contributed by atoms with Gasteiger partial charge in [-0.1, -0.05) is 11.6 Å². The van der Waals surface area contributed by atoms with Crippen molar-refractivity contribution in [1.82, 2.24) is 19.2 Å². The topological polar surface area (TPSA) is 84.3 Å². The lowest BCUT2D eigenvalue weighted by Crippen LogP contribution is -2.26. The van der Waals surface area contributed by atoms with Gasteiger partial charge in [0.2, 0.25) is 10.0 Å². The minimum atomic E-state index is -3.62. The van der Waals surface area contributed by atoms with Gasteiger partial charge in [-0.3, -0.25) is 4.79 Å². The number of nitrogens with one attached hydrogen (secondary N) is 1. The van der Waals surface area contributed by atoms with Crippen molar-refractivity contribution in [2.75, 3.05) is 20.6 Å². The van der Waals surface area contributed by atoms with Gasteiger partial charge < -0.3 is 9.88 Å². The zero-order valence-corrected chi connectivity index (χ0v) is 15.0. The van der Waals surface area contributed by atoms with Crippen LogP contribution in [0, 0.1) is 0 Å². The average Bonchev–Trinajstić information content (AvgIpc) is 3.04. The molecule has 0 aliphatic carbocycles. The Morgan fingerprint density at radius 2 is 2.12 bits per heavy atom. The highest BCUT2D eigenvalue weighted by Crippen LogP contribution is 2.22. The molecule has 1 aromatic heterocycles. The fourth-order valence-electron chi connectivity index (χ4n) is 2.03. The van der Waals surface area contributed by atoms with E-state index in [0.29, 0.717) is 6.54 Å². The number of carbonyl (C=O) groups excluding carboxylic acids is 1. The van der Waals surface area contributed by atoms with Crippen LogP contribution < -0.4 is 5.32 Å². The second-order valence-corrected chi connectivity index (χ2v) is 7.90. The molecule has 1 amide bonds. The van der Waals surface area contributed by atoms with Gasteiger partial charge >= 0.3 is 0 Å². The third kappa shape index (κ3) is 4.34. The van der Waals surface area contributed by atoms with Crippen molar-refractivity contribution in [1.29, 1.82) is 0 Å². The molecule has 1 N–H and O–H groups in total. The van der Waals surface area contributed by atoms with Gasteiger partial charge in [-0.25, -0.2) is 17.7 Å². The average molecular weight is 371 g/mol. The minimum Gasteiger partial charge on any atom is -0.352 e. The molecule has 7 nitrogen and oxygen atoms in total. The van der Waals surface area contributed by atoms with Crippen LogP contribution >= 0.6 is 11.6 Å². The summed E-state index contributed by atoms with van der Waals surface area (Å²) in [6, 6.07) is 4.09. The van der Waals surface area contributed by atoms with E-state index in [4.69, 9.17) is 11.6 Å². The molecule has 0 aliphatic heterocycles. The summed E-state index contributed by atoms with van der Waals surface area (Å²) in [4.78, 5) is 16.2. The van der Waals surface area contributed by atoms with Crippen LogP contribution in [0.2, 0.25) is 5.02 Å². The number of benzene rings is 1. The molecule has 1 aromatic carbocycles. The molecular formula is C15H19ClN4O3S. The van der Waals surface area contributed by atoms with Gasteiger partial charge in [0.1, 0.15) is 0 Å². The third-order valence-corrected chi connectivity index (χ3v) is 5.54. The Hall–Kier alpha value is -1.90. The summed E-state index contributed by atoms with van der Waals surface area (Å²) in [5.41, 5.74) is 0.141. The number of hydrogen-bond acceptors (Lipinski definition) is 4. The van der Waals surface area contributed by atoms with Crippen LogP contribution in [-0.4, -0.2) is 48.8 Å². The first-order chi connectivity index (χ1) is 11.3. The van der Waals surface area contributed by atoms with E-state index < -0.39 is 15.9 Å². The molecule has 0 fully saturated rings. The van der Waals surface area contributed by atoms with Crippen LogP contribution in [0.5, 0.6) is 0 Å². The lowest BCUT2D eigenvalue weighted by atomic mass is 10.2. The number of hydrogen-bond donors (Lipinski definition) is 1. The van der Waals surface area contributed by atoms with Gasteiger partial charge in [0.25, 0.3) is 5.91 Å². The molecule has 0 atom stereocenters. The van der Waals surface area contributed by atoms with Crippen molar-refractivity contribution in [2.24, 2.45) is 0 Å². The predicted octanol–water partition coefficient (Wildman–Crippen LogP) is 1.61. The fraction of sp³-hybridized carbons (Fsp3) is 0.333. The molecule has 0 unspecified atom stereocenters. The number of halogens is 1. The van der Waals surface area contributed by atoms with Crippen LogP contribution in [0.25, 0.3) is 0 Å². The second kappa shape index (κ2) is 7.78.